The number of carbonyl (C=O) groups is 1. The normalized spacial score (nSPS) is 14.4. The van der Waals surface area contributed by atoms with Crippen molar-refractivity contribution in [3.8, 4) is 11.5 Å². The third kappa shape index (κ3) is 1.64. The van der Waals surface area contributed by atoms with Gasteiger partial charge in [0.05, 0.1) is 12.8 Å². The summed E-state index contributed by atoms with van der Waals surface area (Å²) in [6.07, 6.45) is 1.13. The van der Waals surface area contributed by atoms with E-state index in [1.165, 1.54) is 24.1 Å². The maximum absolute atomic E-state index is 11.5. The molecular weight excluding hydrogens is 210 g/mol. The van der Waals surface area contributed by atoms with Gasteiger partial charge in [-0.2, -0.15) is 0 Å². The second-order valence-electron chi connectivity index (χ2n) is 3.69. The van der Waals surface area contributed by atoms with Crippen LogP contribution >= 0.6 is 0 Å². The number of rotatable bonds is 0. The minimum Gasteiger partial charge on any atom is -0.504 e. The van der Waals surface area contributed by atoms with Crippen molar-refractivity contribution in [3.63, 3.8) is 0 Å². The summed E-state index contributed by atoms with van der Waals surface area (Å²) in [6.45, 7) is 0.559. The quantitative estimate of drug-likeness (QED) is 0.655. The zero-order chi connectivity index (χ0) is 11.7. The first-order valence-electron chi connectivity index (χ1n) is 5.04. The first-order chi connectivity index (χ1) is 7.63. The molecule has 1 aromatic carbocycles. The zero-order valence-corrected chi connectivity index (χ0v) is 8.93. The van der Waals surface area contributed by atoms with Gasteiger partial charge in [0.15, 0.2) is 11.5 Å². The molecule has 2 N–H and O–H groups in total. The molecule has 0 unspecified atom stereocenters. The molecule has 5 heteroatoms. The lowest BCUT2D eigenvalue weighted by atomic mass is 10.0. The van der Waals surface area contributed by atoms with Crippen molar-refractivity contribution < 1.29 is 19.7 Å². The molecule has 1 amide bonds. The zero-order valence-electron chi connectivity index (χ0n) is 8.93. The van der Waals surface area contributed by atoms with Gasteiger partial charge in [-0.3, -0.25) is 4.90 Å². The molecule has 5 nitrogen and oxygen atoms in total. The van der Waals surface area contributed by atoms with Gasteiger partial charge in [0.25, 0.3) is 0 Å². The summed E-state index contributed by atoms with van der Waals surface area (Å²) in [5.41, 5.74) is 1.44. The molecule has 0 aliphatic carbocycles. The molecule has 1 aromatic rings. The van der Waals surface area contributed by atoms with E-state index in [1.807, 2.05) is 0 Å². The van der Waals surface area contributed by atoms with Crippen molar-refractivity contribution in [2.75, 3.05) is 18.6 Å². The number of hydrogen-bond acceptors (Lipinski definition) is 4. The van der Waals surface area contributed by atoms with Gasteiger partial charge in [-0.1, -0.05) is 0 Å². The summed E-state index contributed by atoms with van der Waals surface area (Å²) >= 11 is 0. The Balaban J connectivity index is 2.45. The van der Waals surface area contributed by atoms with E-state index >= 15 is 0 Å². The van der Waals surface area contributed by atoms with Crippen LogP contribution in [0.5, 0.6) is 11.5 Å². The minimum absolute atomic E-state index is 0.162. The standard InChI is InChI=1S/C11H13NO4/c1-16-11(15)12-4-2-3-7-5-9(13)10(14)6-8(7)12/h5-6,13-14H,2-4H2,1H3. The molecule has 0 bridgehead atoms. The van der Waals surface area contributed by atoms with Crippen molar-refractivity contribution in [2.24, 2.45) is 0 Å². The number of methoxy groups -OCH3 is 1. The molecule has 86 valence electrons. The Kier molecular flexibility index (Phi) is 2.60. The molecule has 1 heterocycles. The lowest BCUT2D eigenvalue weighted by molar-refractivity contribution is 0.178. The van der Waals surface area contributed by atoms with Crippen LogP contribution in [0, 0.1) is 0 Å². The molecule has 1 aliphatic heterocycles. The van der Waals surface area contributed by atoms with Crippen molar-refractivity contribution in [3.05, 3.63) is 17.7 Å². The fraction of sp³-hybridized carbons (Fsp3) is 0.364. The molecule has 0 atom stereocenters. The summed E-state index contributed by atoms with van der Waals surface area (Å²) < 4.78 is 4.66. The van der Waals surface area contributed by atoms with E-state index in [1.54, 1.807) is 0 Å². The smallest absolute Gasteiger partial charge is 0.414 e. The van der Waals surface area contributed by atoms with Gasteiger partial charge in [0.2, 0.25) is 0 Å². The fourth-order valence-electron chi connectivity index (χ4n) is 1.91. The number of hydrogen-bond donors (Lipinski definition) is 2. The number of benzene rings is 1. The molecule has 0 radical (unpaired) electrons. The average Bonchev–Trinajstić information content (AvgIpc) is 2.29. The summed E-state index contributed by atoms with van der Waals surface area (Å²) in [5, 5.41) is 18.8. The number of amides is 1. The van der Waals surface area contributed by atoms with Gasteiger partial charge < -0.3 is 14.9 Å². The predicted molar refractivity (Wildman–Crippen MR) is 57.8 cm³/mol. The van der Waals surface area contributed by atoms with Crippen LogP contribution in [0.3, 0.4) is 0 Å². The number of anilines is 1. The van der Waals surface area contributed by atoms with Crippen LogP contribution in [0.2, 0.25) is 0 Å². The van der Waals surface area contributed by atoms with E-state index < -0.39 is 6.09 Å². The van der Waals surface area contributed by atoms with Gasteiger partial charge in [-0.25, -0.2) is 4.79 Å². The molecular formula is C11H13NO4. The Morgan fingerprint density at radius 2 is 2.06 bits per heavy atom. The Bertz CT molecular complexity index is 430. The largest absolute Gasteiger partial charge is 0.504 e. The van der Waals surface area contributed by atoms with Gasteiger partial charge in [0, 0.05) is 12.6 Å². The SMILES string of the molecule is COC(=O)N1CCCc2cc(O)c(O)cc21. The van der Waals surface area contributed by atoms with E-state index in [0.29, 0.717) is 12.2 Å². The fourth-order valence-corrected chi connectivity index (χ4v) is 1.91. The third-order valence-electron chi connectivity index (χ3n) is 2.69. The highest BCUT2D eigenvalue weighted by Gasteiger charge is 2.24. The summed E-state index contributed by atoms with van der Waals surface area (Å²) in [4.78, 5) is 12.9. The average molecular weight is 223 g/mol. The third-order valence-corrected chi connectivity index (χ3v) is 2.69. The Morgan fingerprint density at radius 1 is 1.38 bits per heavy atom. The van der Waals surface area contributed by atoms with Crippen molar-refractivity contribution >= 4 is 11.8 Å². The molecule has 0 fully saturated rings. The van der Waals surface area contributed by atoms with E-state index in [2.05, 4.69) is 4.74 Å². The molecule has 0 aromatic heterocycles. The number of fused-ring (bicyclic) bond motifs is 1. The number of phenols is 2. The highest BCUT2D eigenvalue weighted by molar-refractivity contribution is 5.89. The van der Waals surface area contributed by atoms with Crippen LogP contribution in [0.1, 0.15) is 12.0 Å². The second-order valence-corrected chi connectivity index (χ2v) is 3.69. The summed E-state index contributed by atoms with van der Waals surface area (Å²) in [5.74, 6) is -0.389. The highest BCUT2D eigenvalue weighted by atomic mass is 16.5. The van der Waals surface area contributed by atoms with E-state index in [-0.39, 0.29) is 11.5 Å². The number of aromatic hydroxyl groups is 2. The lowest BCUT2D eigenvalue weighted by Crippen LogP contribution is -2.35. The highest BCUT2D eigenvalue weighted by Crippen LogP contribution is 2.36. The van der Waals surface area contributed by atoms with E-state index in [0.717, 1.165) is 18.4 Å². The van der Waals surface area contributed by atoms with Crippen LogP contribution in [0.15, 0.2) is 12.1 Å². The Labute approximate surface area is 92.9 Å². The van der Waals surface area contributed by atoms with Gasteiger partial charge in [0.1, 0.15) is 0 Å². The van der Waals surface area contributed by atoms with Gasteiger partial charge in [-0.05, 0) is 24.5 Å². The van der Waals surface area contributed by atoms with Crippen molar-refractivity contribution in [1.82, 2.24) is 0 Å². The van der Waals surface area contributed by atoms with Gasteiger partial charge in [-0.15, -0.1) is 0 Å². The summed E-state index contributed by atoms with van der Waals surface area (Å²) in [6, 6.07) is 2.88. The van der Waals surface area contributed by atoms with Crippen molar-refractivity contribution in [1.29, 1.82) is 0 Å². The molecule has 0 saturated carbocycles. The monoisotopic (exact) mass is 223 g/mol. The number of carbonyl (C=O) groups excluding carboxylic acids is 1. The van der Waals surface area contributed by atoms with Crippen molar-refractivity contribution in [2.45, 2.75) is 12.8 Å². The number of phenolic OH excluding ortho intramolecular Hbond substituents is 2. The number of nitrogens with zero attached hydrogens (tertiary/aromatic N) is 1. The lowest BCUT2D eigenvalue weighted by Gasteiger charge is -2.28. The van der Waals surface area contributed by atoms with Crippen LogP contribution in [0.4, 0.5) is 10.5 Å². The molecule has 0 spiro atoms. The Morgan fingerprint density at radius 3 is 2.75 bits per heavy atom. The van der Waals surface area contributed by atoms with Crippen LogP contribution in [-0.2, 0) is 11.2 Å². The van der Waals surface area contributed by atoms with E-state index in [4.69, 9.17) is 0 Å². The van der Waals surface area contributed by atoms with Gasteiger partial charge >= 0.3 is 6.09 Å². The number of aryl methyl sites for hydroxylation is 1. The van der Waals surface area contributed by atoms with E-state index in [9.17, 15) is 15.0 Å². The van der Waals surface area contributed by atoms with Crippen LogP contribution in [-0.4, -0.2) is 30.0 Å². The predicted octanol–water partition coefficient (Wildman–Crippen LogP) is 1.62. The van der Waals surface area contributed by atoms with Crippen LogP contribution in [0.25, 0.3) is 0 Å². The molecule has 2 rings (SSSR count). The summed E-state index contributed by atoms with van der Waals surface area (Å²) in [7, 11) is 1.32. The number of ether oxygens (including phenoxy) is 1. The second kappa shape index (κ2) is 3.92. The Hall–Kier alpha value is -1.91. The van der Waals surface area contributed by atoms with Crippen LogP contribution < -0.4 is 4.90 Å². The topological polar surface area (TPSA) is 70.0 Å². The maximum atomic E-state index is 11.5. The maximum Gasteiger partial charge on any atom is 0.414 e. The molecule has 0 saturated heterocycles. The molecule has 16 heavy (non-hydrogen) atoms. The first-order valence-corrected chi connectivity index (χ1v) is 5.04. The minimum atomic E-state index is -0.453. The molecule has 1 aliphatic rings. The first kappa shape index (κ1) is 10.6.